The van der Waals surface area contributed by atoms with E-state index in [2.05, 4.69) is 0 Å². The molecule has 1 N–H and O–H groups in total. The second-order valence-electron chi connectivity index (χ2n) is 4.29. The normalized spacial score (nSPS) is 12.7. The molecule has 0 aliphatic heterocycles. The second-order valence-corrected chi connectivity index (χ2v) is 4.70. The number of likely N-dealkylation sites (N-methyl/N-ethyl adjacent to an activating group) is 1. The second kappa shape index (κ2) is 8.32. The molecule has 1 atom stereocenters. The van der Waals surface area contributed by atoms with Crippen molar-refractivity contribution >= 4 is 11.6 Å². The van der Waals surface area contributed by atoms with E-state index in [0.29, 0.717) is 32.1 Å². The van der Waals surface area contributed by atoms with Crippen molar-refractivity contribution in [3.8, 4) is 5.75 Å². The highest BCUT2D eigenvalue weighted by Crippen LogP contribution is 2.24. The summed E-state index contributed by atoms with van der Waals surface area (Å²) in [5, 5.41) is 9.79. The van der Waals surface area contributed by atoms with Crippen molar-refractivity contribution in [1.29, 1.82) is 0 Å². The monoisotopic (exact) mass is 291 g/mol. The maximum absolute atomic E-state index is 12.8. The molecule has 0 fully saturated rings. The number of methoxy groups -OCH3 is 1. The van der Waals surface area contributed by atoms with E-state index in [1.54, 1.807) is 7.11 Å². The van der Waals surface area contributed by atoms with E-state index in [1.165, 1.54) is 18.2 Å². The molecule has 19 heavy (non-hydrogen) atoms. The summed E-state index contributed by atoms with van der Waals surface area (Å²) in [5.74, 6) is 0.0612. The lowest BCUT2D eigenvalue weighted by atomic mass is 10.3. The van der Waals surface area contributed by atoms with Crippen LogP contribution in [0.2, 0.25) is 5.02 Å². The van der Waals surface area contributed by atoms with Gasteiger partial charge in [-0.05, 0) is 25.2 Å². The summed E-state index contributed by atoms with van der Waals surface area (Å²) in [4.78, 5) is 1.92. The molecule has 0 amide bonds. The summed E-state index contributed by atoms with van der Waals surface area (Å²) in [6.07, 6.45) is -0.524. The van der Waals surface area contributed by atoms with E-state index in [9.17, 15) is 9.50 Å². The lowest BCUT2D eigenvalue weighted by Crippen LogP contribution is -2.34. The topological polar surface area (TPSA) is 41.9 Å². The van der Waals surface area contributed by atoms with Crippen LogP contribution in [-0.4, -0.2) is 56.6 Å². The molecule has 4 nitrogen and oxygen atoms in total. The van der Waals surface area contributed by atoms with Gasteiger partial charge >= 0.3 is 0 Å². The van der Waals surface area contributed by atoms with Crippen LogP contribution in [0.5, 0.6) is 5.75 Å². The van der Waals surface area contributed by atoms with Crippen LogP contribution in [-0.2, 0) is 4.74 Å². The number of aliphatic hydroxyl groups excluding tert-OH is 1. The van der Waals surface area contributed by atoms with Gasteiger partial charge in [-0.3, -0.25) is 0 Å². The average molecular weight is 292 g/mol. The predicted molar refractivity (Wildman–Crippen MR) is 72.3 cm³/mol. The fourth-order valence-electron chi connectivity index (χ4n) is 1.60. The van der Waals surface area contributed by atoms with Crippen LogP contribution in [0.25, 0.3) is 0 Å². The molecule has 1 unspecified atom stereocenters. The van der Waals surface area contributed by atoms with Gasteiger partial charge in [-0.25, -0.2) is 4.39 Å². The van der Waals surface area contributed by atoms with Gasteiger partial charge in [-0.15, -0.1) is 0 Å². The molecule has 0 aliphatic rings. The van der Waals surface area contributed by atoms with Gasteiger partial charge in [0.2, 0.25) is 0 Å². The van der Waals surface area contributed by atoms with Crippen molar-refractivity contribution in [3.05, 3.63) is 29.0 Å². The first-order chi connectivity index (χ1) is 9.02. The first-order valence-electron chi connectivity index (χ1n) is 5.96. The van der Waals surface area contributed by atoms with E-state index in [-0.39, 0.29) is 5.02 Å². The molecular formula is C13H19ClFNO3. The number of hydrogen-bond donors (Lipinski definition) is 1. The Morgan fingerprint density at radius 3 is 2.84 bits per heavy atom. The van der Waals surface area contributed by atoms with Crippen molar-refractivity contribution in [3.63, 3.8) is 0 Å². The third kappa shape index (κ3) is 6.20. The van der Waals surface area contributed by atoms with Crippen LogP contribution in [0, 0.1) is 5.82 Å². The van der Waals surface area contributed by atoms with Crippen molar-refractivity contribution in [2.75, 3.05) is 40.5 Å². The molecule has 108 valence electrons. The van der Waals surface area contributed by atoms with Crippen LogP contribution < -0.4 is 4.74 Å². The van der Waals surface area contributed by atoms with Crippen molar-refractivity contribution in [2.24, 2.45) is 0 Å². The van der Waals surface area contributed by atoms with Crippen LogP contribution in [0.1, 0.15) is 0 Å². The number of halogens is 2. The average Bonchev–Trinajstić information content (AvgIpc) is 2.32. The van der Waals surface area contributed by atoms with E-state index < -0.39 is 11.9 Å². The van der Waals surface area contributed by atoms with Gasteiger partial charge < -0.3 is 19.5 Å². The number of benzene rings is 1. The van der Waals surface area contributed by atoms with Gasteiger partial charge in [0.25, 0.3) is 0 Å². The van der Waals surface area contributed by atoms with Crippen LogP contribution in [0.15, 0.2) is 18.2 Å². The van der Waals surface area contributed by atoms with Crippen LogP contribution in [0.3, 0.4) is 0 Å². The Hall–Kier alpha value is -0.880. The number of ether oxygens (including phenoxy) is 2. The van der Waals surface area contributed by atoms with E-state index in [1.807, 2.05) is 11.9 Å². The molecule has 0 aliphatic carbocycles. The fourth-order valence-corrected chi connectivity index (χ4v) is 1.82. The lowest BCUT2D eigenvalue weighted by molar-refractivity contribution is 0.0410. The Bertz CT molecular complexity index is 392. The summed E-state index contributed by atoms with van der Waals surface area (Å²) in [5.41, 5.74) is 0. The first kappa shape index (κ1) is 16.2. The summed E-state index contributed by atoms with van der Waals surface area (Å²) in [6, 6.07) is 4.01. The molecule has 1 aromatic carbocycles. The molecule has 6 heteroatoms. The molecule has 0 heterocycles. The Morgan fingerprint density at radius 1 is 1.47 bits per heavy atom. The minimum Gasteiger partial charge on any atom is -0.491 e. The van der Waals surface area contributed by atoms with Gasteiger partial charge in [0.15, 0.2) is 0 Å². The van der Waals surface area contributed by atoms with E-state index >= 15 is 0 Å². The zero-order valence-electron chi connectivity index (χ0n) is 11.1. The minimum absolute atomic E-state index is 0.252. The van der Waals surface area contributed by atoms with Crippen molar-refractivity contribution in [2.45, 2.75) is 6.10 Å². The van der Waals surface area contributed by atoms with Crippen LogP contribution in [0.4, 0.5) is 4.39 Å². The highest BCUT2D eigenvalue weighted by molar-refractivity contribution is 6.32. The van der Waals surface area contributed by atoms with Crippen molar-refractivity contribution < 1.29 is 19.0 Å². The summed E-state index contributed by atoms with van der Waals surface area (Å²) >= 11 is 5.84. The van der Waals surface area contributed by atoms with Gasteiger partial charge in [0.05, 0.1) is 17.7 Å². The van der Waals surface area contributed by atoms with Gasteiger partial charge in [0.1, 0.15) is 18.2 Å². The smallest absolute Gasteiger partial charge is 0.138 e. The number of nitrogens with zero attached hydrogens (tertiary/aromatic N) is 1. The molecule has 0 spiro atoms. The minimum atomic E-state index is -0.524. The molecule has 0 radical (unpaired) electrons. The largest absolute Gasteiger partial charge is 0.491 e. The molecule has 1 rings (SSSR count). The maximum atomic E-state index is 12.8. The molecule has 0 saturated carbocycles. The highest BCUT2D eigenvalue weighted by Gasteiger charge is 2.08. The highest BCUT2D eigenvalue weighted by atomic mass is 35.5. The standard InChI is InChI=1S/C13H19ClFNO3/c1-16(8-11(17)9-18-2)5-6-19-13-4-3-10(15)7-12(13)14/h3-4,7,11,17H,5-6,8-9H2,1-2H3. The molecular weight excluding hydrogens is 273 g/mol. The quantitative estimate of drug-likeness (QED) is 0.793. The Morgan fingerprint density at radius 2 is 2.21 bits per heavy atom. The lowest BCUT2D eigenvalue weighted by Gasteiger charge is -2.20. The third-order valence-electron chi connectivity index (χ3n) is 2.51. The zero-order valence-corrected chi connectivity index (χ0v) is 11.9. The molecule has 0 aromatic heterocycles. The molecule has 1 aromatic rings. The predicted octanol–water partition coefficient (Wildman–Crippen LogP) is 1.80. The van der Waals surface area contributed by atoms with Gasteiger partial charge in [0, 0.05) is 20.2 Å². The molecule has 0 bridgehead atoms. The SMILES string of the molecule is COCC(O)CN(C)CCOc1ccc(F)cc1Cl. The maximum Gasteiger partial charge on any atom is 0.138 e. The Labute approximate surface area is 117 Å². The Kier molecular flexibility index (Phi) is 7.09. The van der Waals surface area contributed by atoms with Crippen LogP contribution >= 0.6 is 11.6 Å². The van der Waals surface area contributed by atoms with Crippen molar-refractivity contribution in [1.82, 2.24) is 4.90 Å². The first-order valence-corrected chi connectivity index (χ1v) is 6.34. The summed E-state index contributed by atoms with van der Waals surface area (Å²) in [7, 11) is 3.41. The number of hydrogen-bond acceptors (Lipinski definition) is 4. The summed E-state index contributed by atoms with van der Waals surface area (Å²) < 4.78 is 23.1. The summed E-state index contributed by atoms with van der Waals surface area (Å²) in [6.45, 7) is 1.82. The number of aliphatic hydroxyl groups is 1. The number of rotatable bonds is 8. The molecule has 0 saturated heterocycles. The van der Waals surface area contributed by atoms with E-state index in [0.717, 1.165) is 0 Å². The zero-order chi connectivity index (χ0) is 14.3. The van der Waals surface area contributed by atoms with Gasteiger partial charge in [-0.1, -0.05) is 11.6 Å². The fraction of sp³-hybridized carbons (Fsp3) is 0.538. The Balaban J connectivity index is 2.29. The van der Waals surface area contributed by atoms with Gasteiger partial charge in [-0.2, -0.15) is 0 Å². The third-order valence-corrected chi connectivity index (χ3v) is 2.80. The van der Waals surface area contributed by atoms with E-state index in [4.69, 9.17) is 21.1 Å².